The number of hydrogen-bond acceptors (Lipinski definition) is 2. The summed E-state index contributed by atoms with van der Waals surface area (Å²) in [5.74, 6) is 1.45. The lowest BCUT2D eigenvalue weighted by molar-refractivity contribution is 0.0931. The second-order valence-electron chi connectivity index (χ2n) is 5.61. The molecule has 0 amide bonds. The SMILES string of the molecule is CC(C)CN=C(N)NCC(C)COCc1ccccc1. The number of nitrogens with two attached hydrogens (primary N) is 1. The molecular weight excluding hydrogens is 250 g/mol. The van der Waals surface area contributed by atoms with Crippen molar-refractivity contribution in [2.45, 2.75) is 27.4 Å². The van der Waals surface area contributed by atoms with Crippen LogP contribution in [0.2, 0.25) is 0 Å². The van der Waals surface area contributed by atoms with E-state index in [1.807, 2.05) is 18.2 Å². The Labute approximate surface area is 122 Å². The molecule has 112 valence electrons. The smallest absolute Gasteiger partial charge is 0.188 e. The van der Waals surface area contributed by atoms with E-state index in [4.69, 9.17) is 10.5 Å². The molecule has 0 saturated heterocycles. The van der Waals surface area contributed by atoms with Crippen LogP contribution in [0, 0.1) is 11.8 Å². The van der Waals surface area contributed by atoms with Gasteiger partial charge in [-0.2, -0.15) is 0 Å². The van der Waals surface area contributed by atoms with Gasteiger partial charge in [0.1, 0.15) is 0 Å². The van der Waals surface area contributed by atoms with Gasteiger partial charge >= 0.3 is 0 Å². The van der Waals surface area contributed by atoms with Crippen LogP contribution in [0.25, 0.3) is 0 Å². The molecule has 0 aliphatic rings. The van der Waals surface area contributed by atoms with Gasteiger partial charge < -0.3 is 15.8 Å². The summed E-state index contributed by atoms with van der Waals surface area (Å²) in [6.45, 7) is 9.28. The second kappa shape index (κ2) is 9.37. The number of rotatable bonds is 8. The van der Waals surface area contributed by atoms with Crippen LogP contribution >= 0.6 is 0 Å². The minimum atomic E-state index is 0.395. The summed E-state index contributed by atoms with van der Waals surface area (Å²) >= 11 is 0. The van der Waals surface area contributed by atoms with Crippen LogP contribution in [0.1, 0.15) is 26.3 Å². The van der Waals surface area contributed by atoms with Gasteiger partial charge in [0, 0.05) is 13.1 Å². The Bertz CT molecular complexity index is 390. The molecular formula is C16H27N3O. The van der Waals surface area contributed by atoms with Crippen LogP contribution < -0.4 is 11.1 Å². The molecule has 4 heteroatoms. The molecule has 0 fully saturated rings. The standard InChI is InChI=1S/C16H27N3O/c1-13(2)9-18-16(17)19-10-14(3)11-20-12-15-7-5-4-6-8-15/h4-8,13-14H,9-12H2,1-3H3,(H3,17,18,19). The van der Waals surface area contributed by atoms with Gasteiger partial charge in [0.2, 0.25) is 0 Å². The van der Waals surface area contributed by atoms with Crippen molar-refractivity contribution in [3.63, 3.8) is 0 Å². The van der Waals surface area contributed by atoms with Gasteiger partial charge in [0.15, 0.2) is 5.96 Å². The highest BCUT2D eigenvalue weighted by atomic mass is 16.5. The van der Waals surface area contributed by atoms with E-state index in [0.29, 0.717) is 31.0 Å². The fourth-order valence-electron chi connectivity index (χ4n) is 1.63. The van der Waals surface area contributed by atoms with E-state index in [9.17, 15) is 0 Å². The molecule has 0 spiro atoms. The zero-order chi connectivity index (χ0) is 14.8. The summed E-state index contributed by atoms with van der Waals surface area (Å²) in [4.78, 5) is 4.27. The van der Waals surface area contributed by atoms with Crippen LogP contribution in [0.4, 0.5) is 0 Å². The highest BCUT2D eigenvalue weighted by Gasteiger charge is 2.03. The number of nitrogens with zero attached hydrogens (tertiary/aromatic N) is 1. The summed E-state index contributed by atoms with van der Waals surface area (Å²) < 4.78 is 5.69. The van der Waals surface area contributed by atoms with Crippen molar-refractivity contribution in [1.82, 2.24) is 5.32 Å². The first-order valence-corrected chi connectivity index (χ1v) is 7.23. The summed E-state index contributed by atoms with van der Waals surface area (Å²) in [5.41, 5.74) is 6.99. The third-order valence-corrected chi connectivity index (χ3v) is 2.77. The summed E-state index contributed by atoms with van der Waals surface area (Å²) in [6, 6.07) is 10.2. The quantitative estimate of drug-likeness (QED) is 0.566. The lowest BCUT2D eigenvalue weighted by Crippen LogP contribution is -2.36. The van der Waals surface area contributed by atoms with Crippen molar-refractivity contribution >= 4 is 5.96 Å². The first kappa shape index (κ1) is 16.5. The normalized spacial score (nSPS) is 13.5. The van der Waals surface area contributed by atoms with E-state index >= 15 is 0 Å². The fourth-order valence-corrected chi connectivity index (χ4v) is 1.63. The Morgan fingerprint density at radius 1 is 1.25 bits per heavy atom. The maximum atomic E-state index is 5.79. The van der Waals surface area contributed by atoms with Gasteiger partial charge in [0.05, 0.1) is 13.2 Å². The highest BCUT2D eigenvalue weighted by Crippen LogP contribution is 2.02. The first-order valence-electron chi connectivity index (χ1n) is 7.23. The van der Waals surface area contributed by atoms with E-state index in [2.05, 4.69) is 43.2 Å². The molecule has 1 unspecified atom stereocenters. The van der Waals surface area contributed by atoms with Crippen molar-refractivity contribution in [3.8, 4) is 0 Å². The van der Waals surface area contributed by atoms with E-state index in [-0.39, 0.29) is 0 Å². The molecule has 3 N–H and O–H groups in total. The average molecular weight is 277 g/mol. The monoisotopic (exact) mass is 277 g/mol. The van der Waals surface area contributed by atoms with Crippen molar-refractivity contribution in [2.75, 3.05) is 19.7 Å². The molecule has 20 heavy (non-hydrogen) atoms. The van der Waals surface area contributed by atoms with Crippen LogP contribution in [-0.2, 0) is 11.3 Å². The maximum Gasteiger partial charge on any atom is 0.188 e. The van der Waals surface area contributed by atoms with Gasteiger partial charge in [-0.15, -0.1) is 0 Å². The lowest BCUT2D eigenvalue weighted by atomic mass is 10.2. The molecule has 0 aromatic heterocycles. The van der Waals surface area contributed by atoms with Crippen molar-refractivity contribution in [1.29, 1.82) is 0 Å². The van der Waals surface area contributed by atoms with E-state index in [1.165, 1.54) is 5.56 Å². The van der Waals surface area contributed by atoms with Gasteiger partial charge in [-0.05, 0) is 17.4 Å². The number of ether oxygens (including phenoxy) is 1. The molecule has 1 rings (SSSR count). The Kier molecular flexibility index (Phi) is 7.73. The molecule has 0 bridgehead atoms. The Balaban J connectivity index is 2.14. The van der Waals surface area contributed by atoms with E-state index in [0.717, 1.165) is 13.1 Å². The predicted molar refractivity (Wildman–Crippen MR) is 84.6 cm³/mol. The Morgan fingerprint density at radius 3 is 2.60 bits per heavy atom. The van der Waals surface area contributed by atoms with Crippen molar-refractivity contribution in [3.05, 3.63) is 35.9 Å². The largest absolute Gasteiger partial charge is 0.376 e. The third-order valence-electron chi connectivity index (χ3n) is 2.77. The third kappa shape index (κ3) is 7.79. The van der Waals surface area contributed by atoms with Gasteiger partial charge in [-0.1, -0.05) is 51.1 Å². The summed E-state index contributed by atoms with van der Waals surface area (Å²) in [6.07, 6.45) is 0. The zero-order valence-corrected chi connectivity index (χ0v) is 12.8. The van der Waals surface area contributed by atoms with E-state index < -0.39 is 0 Å². The lowest BCUT2D eigenvalue weighted by Gasteiger charge is -2.14. The van der Waals surface area contributed by atoms with Crippen LogP contribution in [0.15, 0.2) is 35.3 Å². The predicted octanol–water partition coefficient (Wildman–Crippen LogP) is 2.40. The minimum Gasteiger partial charge on any atom is -0.376 e. The van der Waals surface area contributed by atoms with Crippen molar-refractivity contribution in [2.24, 2.45) is 22.6 Å². The number of aliphatic imine (C=N–C) groups is 1. The molecule has 0 radical (unpaired) electrons. The first-order chi connectivity index (χ1) is 9.58. The molecule has 0 aliphatic carbocycles. The maximum absolute atomic E-state index is 5.79. The minimum absolute atomic E-state index is 0.395. The number of benzene rings is 1. The number of nitrogens with one attached hydrogen (secondary N) is 1. The van der Waals surface area contributed by atoms with Gasteiger partial charge in [-0.25, -0.2) is 0 Å². The number of guanidine groups is 1. The molecule has 1 aromatic carbocycles. The molecule has 0 heterocycles. The van der Waals surface area contributed by atoms with Crippen LogP contribution in [0.5, 0.6) is 0 Å². The fraction of sp³-hybridized carbons (Fsp3) is 0.562. The van der Waals surface area contributed by atoms with E-state index in [1.54, 1.807) is 0 Å². The molecule has 1 aromatic rings. The summed E-state index contributed by atoms with van der Waals surface area (Å²) in [7, 11) is 0. The molecule has 0 saturated carbocycles. The molecule has 0 aliphatic heterocycles. The Hall–Kier alpha value is -1.55. The van der Waals surface area contributed by atoms with Gasteiger partial charge in [-0.3, -0.25) is 4.99 Å². The molecule has 4 nitrogen and oxygen atoms in total. The summed E-state index contributed by atoms with van der Waals surface area (Å²) in [5, 5.41) is 3.13. The topological polar surface area (TPSA) is 59.6 Å². The zero-order valence-electron chi connectivity index (χ0n) is 12.8. The van der Waals surface area contributed by atoms with Gasteiger partial charge in [0.25, 0.3) is 0 Å². The van der Waals surface area contributed by atoms with Crippen LogP contribution in [-0.4, -0.2) is 25.7 Å². The van der Waals surface area contributed by atoms with Crippen LogP contribution in [0.3, 0.4) is 0 Å². The average Bonchev–Trinajstić information content (AvgIpc) is 2.44. The molecule has 1 atom stereocenters. The Morgan fingerprint density at radius 2 is 1.95 bits per heavy atom. The highest BCUT2D eigenvalue weighted by molar-refractivity contribution is 5.77. The number of hydrogen-bond donors (Lipinski definition) is 2. The van der Waals surface area contributed by atoms with Crippen molar-refractivity contribution < 1.29 is 4.74 Å². The second-order valence-corrected chi connectivity index (χ2v) is 5.61.